The van der Waals surface area contributed by atoms with Gasteiger partial charge in [-0.15, -0.1) is 11.8 Å². The Hall–Kier alpha value is -2.14. The summed E-state index contributed by atoms with van der Waals surface area (Å²) in [5, 5.41) is 2.87. The summed E-state index contributed by atoms with van der Waals surface area (Å²) in [6.07, 6.45) is 0. The first kappa shape index (κ1) is 17.2. The summed E-state index contributed by atoms with van der Waals surface area (Å²) in [4.78, 5) is 12.0. The van der Waals surface area contributed by atoms with E-state index in [1.54, 1.807) is 44.2 Å². The second-order valence-electron chi connectivity index (χ2n) is 5.13. The Kier molecular flexibility index (Phi) is 6.35. The van der Waals surface area contributed by atoms with Gasteiger partial charge >= 0.3 is 0 Å². The molecule has 0 aliphatic rings. The second kappa shape index (κ2) is 8.48. The van der Waals surface area contributed by atoms with E-state index in [1.165, 1.54) is 11.1 Å². The number of amides is 1. The van der Waals surface area contributed by atoms with Crippen LogP contribution in [0.25, 0.3) is 0 Å². The molecule has 0 unspecified atom stereocenters. The minimum absolute atomic E-state index is 0.0441. The van der Waals surface area contributed by atoms with E-state index in [4.69, 9.17) is 9.47 Å². The van der Waals surface area contributed by atoms with Gasteiger partial charge in [0, 0.05) is 29.6 Å². The molecule has 0 atom stereocenters. The normalized spacial score (nSPS) is 10.2. The predicted octanol–water partition coefficient (Wildman–Crippen LogP) is 3.88. The Morgan fingerprint density at radius 3 is 2.22 bits per heavy atom. The topological polar surface area (TPSA) is 47.6 Å². The minimum Gasteiger partial charge on any atom is -0.497 e. The van der Waals surface area contributed by atoms with Crippen molar-refractivity contribution >= 4 is 23.4 Å². The van der Waals surface area contributed by atoms with Gasteiger partial charge in [-0.2, -0.15) is 0 Å². The number of ether oxygens (including phenoxy) is 2. The van der Waals surface area contributed by atoms with Crippen molar-refractivity contribution in [2.24, 2.45) is 0 Å². The van der Waals surface area contributed by atoms with Crippen molar-refractivity contribution in [1.29, 1.82) is 0 Å². The molecule has 122 valence electrons. The number of thioether (sulfide) groups is 1. The minimum atomic E-state index is -0.0441. The molecule has 5 heteroatoms. The van der Waals surface area contributed by atoms with Crippen LogP contribution in [-0.4, -0.2) is 25.9 Å². The Balaban J connectivity index is 1.85. The Labute approximate surface area is 141 Å². The highest BCUT2D eigenvalue weighted by Crippen LogP contribution is 2.26. The molecule has 23 heavy (non-hydrogen) atoms. The first-order valence-electron chi connectivity index (χ1n) is 7.27. The second-order valence-corrected chi connectivity index (χ2v) is 6.11. The number of hydrogen-bond donors (Lipinski definition) is 1. The molecule has 2 aromatic rings. The van der Waals surface area contributed by atoms with Crippen LogP contribution in [0.15, 0.2) is 42.5 Å². The van der Waals surface area contributed by atoms with Crippen LogP contribution in [0.1, 0.15) is 11.1 Å². The van der Waals surface area contributed by atoms with Crippen LogP contribution in [0.3, 0.4) is 0 Å². The average molecular weight is 331 g/mol. The van der Waals surface area contributed by atoms with Crippen LogP contribution in [0.2, 0.25) is 0 Å². The SMILES string of the molecule is COc1cc(NC(=O)CSCc2ccc(C)cc2)cc(OC)c1. The van der Waals surface area contributed by atoms with Gasteiger partial charge in [0.15, 0.2) is 0 Å². The van der Waals surface area contributed by atoms with Gasteiger partial charge in [-0.25, -0.2) is 0 Å². The third-order valence-corrected chi connectivity index (χ3v) is 4.26. The van der Waals surface area contributed by atoms with Crippen LogP contribution in [0.4, 0.5) is 5.69 Å². The van der Waals surface area contributed by atoms with E-state index >= 15 is 0 Å². The van der Waals surface area contributed by atoms with Crippen LogP contribution in [0, 0.1) is 6.92 Å². The van der Waals surface area contributed by atoms with E-state index in [0.29, 0.717) is 22.9 Å². The number of rotatable bonds is 7. The maximum Gasteiger partial charge on any atom is 0.234 e. The standard InChI is InChI=1S/C18H21NO3S/c1-13-4-6-14(7-5-13)11-23-12-18(20)19-15-8-16(21-2)10-17(9-15)22-3/h4-10H,11-12H2,1-3H3,(H,19,20). The molecule has 0 heterocycles. The van der Waals surface area contributed by atoms with E-state index in [-0.39, 0.29) is 5.91 Å². The quantitative estimate of drug-likeness (QED) is 0.836. The van der Waals surface area contributed by atoms with E-state index in [1.807, 2.05) is 0 Å². The number of aryl methyl sites for hydroxylation is 1. The molecule has 0 fully saturated rings. The van der Waals surface area contributed by atoms with Crippen molar-refractivity contribution < 1.29 is 14.3 Å². The van der Waals surface area contributed by atoms with Crippen molar-refractivity contribution in [2.45, 2.75) is 12.7 Å². The van der Waals surface area contributed by atoms with Crippen LogP contribution in [-0.2, 0) is 10.5 Å². The zero-order chi connectivity index (χ0) is 16.7. The molecule has 2 aromatic carbocycles. The summed E-state index contributed by atoms with van der Waals surface area (Å²) < 4.78 is 10.4. The Bertz CT molecular complexity index is 634. The average Bonchev–Trinajstić information content (AvgIpc) is 2.56. The van der Waals surface area contributed by atoms with E-state index in [2.05, 4.69) is 36.5 Å². The molecule has 0 saturated heterocycles. The fourth-order valence-electron chi connectivity index (χ4n) is 2.02. The molecule has 0 spiro atoms. The van der Waals surface area contributed by atoms with E-state index < -0.39 is 0 Å². The molecule has 1 amide bonds. The molecule has 4 nitrogen and oxygen atoms in total. The highest BCUT2D eigenvalue weighted by molar-refractivity contribution is 7.99. The fraction of sp³-hybridized carbons (Fsp3) is 0.278. The summed E-state index contributed by atoms with van der Waals surface area (Å²) >= 11 is 1.58. The van der Waals surface area contributed by atoms with Crippen LogP contribution >= 0.6 is 11.8 Å². The van der Waals surface area contributed by atoms with Gasteiger partial charge in [0.25, 0.3) is 0 Å². The summed E-state index contributed by atoms with van der Waals surface area (Å²) in [6, 6.07) is 13.6. The molecule has 0 aliphatic carbocycles. The van der Waals surface area contributed by atoms with Crippen molar-refractivity contribution in [3.05, 3.63) is 53.6 Å². The van der Waals surface area contributed by atoms with Crippen molar-refractivity contribution in [1.82, 2.24) is 0 Å². The molecule has 0 bridgehead atoms. The van der Waals surface area contributed by atoms with Gasteiger partial charge in [-0.1, -0.05) is 29.8 Å². The molecule has 0 aromatic heterocycles. The van der Waals surface area contributed by atoms with Gasteiger partial charge in [0.05, 0.1) is 20.0 Å². The molecule has 0 radical (unpaired) electrons. The lowest BCUT2D eigenvalue weighted by Gasteiger charge is -2.10. The number of nitrogens with one attached hydrogen (secondary N) is 1. The fourth-order valence-corrected chi connectivity index (χ4v) is 2.81. The van der Waals surface area contributed by atoms with Gasteiger partial charge in [-0.05, 0) is 12.5 Å². The van der Waals surface area contributed by atoms with E-state index in [9.17, 15) is 4.79 Å². The lowest BCUT2D eigenvalue weighted by Crippen LogP contribution is -2.14. The number of benzene rings is 2. The van der Waals surface area contributed by atoms with E-state index in [0.717, 1.165) is 5.75 Å². The highest BCUT2D eigenvalue weighted by Gasteiger charge is 2.06. The maximum atomic E-state index is 12.0. The highest BCUT2D eigenvalue weighted by atomic mass is 32.2. The van der Waals surface area contributed by atoms with Gasteiger partial charge in [-0.3, -0.25) is 4.79 Å². The lowest BCUT2D eigenvalue weighted by molar-refractivity contribution is -0.113. The third-order valence-electron chi connectivity index (χ3n) is 3.26. The van der Waals surface area contributed by atoms with Crippen LogP contribution in [0.5, 0.6) is 11.5 Å². The third kappa shape index (κ3) is 5.53. The van der Waals surface area contributed by atoms with Crippen molar-refractivity contribution in [3.63, 3.8) is 0 Å². The van der Waals surface area contributed by atoms with Gasteiger partial charge < -0.3 is 14.8 Å². The smallest absolute Gasteiger partial charge is 0.234 e. The number of carbonyl (C=O) groups is 1. The molecule has 2 rings (SSSR count). The Morgan fingerprint density at radius 1 is 1.04 bits per heavy atom. The molecular weight excluding hydrogens is 310 g/mol. The summed E-state index contributed by atoms with van der Waals surface area (Å²) in [5.41, 5.74) is 3.13. The maximum absolute atomic E-state index is 12.0. The number of anilines is 1. The van der Waals surface area contributed by atoms with Gasteiger partial charge in [0.1, 0.15) is 11.5 Å². The van der Waals surface area contributed by atoms with Crippen molar-refractivity contribution in [2.75, 3.05) is 25.3 Å². The number of hydrogen-bond acceptors (Lipinski definition) is 4. The van der Waals surface area contributed by atoms with Crippen molar-refractivity contribution in [3.8, 4) is 11.5 Å². The molecule has 0 saturated carbocycles. The first-order chi connectivity index (χ1) is 11.1. The molecular formula is C18H21NO3S. The first-order valence-corrected chi connectivity index (χ1v) is 8.42. The molecule has 0 aliphatic heterocycles. The zero-order valence-electron chi connectivity index (χ0n) is 13.6. The zero-order valence-corrected chi connectivity index (χ0v) is 14.4. The van der Waals surface area contributed by atoms with Crippen LogP contribution < -0.4 is 14.8 Å². The Morgan fingerprint density at radius 2 is 1.65 bits per heavy atom. The van der Waals surface area contributed by atoms with Gasteiger partial charge in [0.2, 0.25) is 5.91 Å². The predicted molar refractivity (Wildman–Crippen MR) is 95.5 cm³/mol. The summed E-state index contributed by atoms with van der Waals surface area (Å²) in [6.45, 7) is 2.06. The monoisotopic (exact) mass is 331 g/mol. The number of carbonyl (C=O) groups excluding carboxylic acids is 1. The summed E-state index contributed by atoms with van der Waals surface area (Å²) in [7, 11) is 3.16. The summed E-state index contributed by atoms with van der Waals surface area (Å²) in [5.74, 6) is 2.46. The largest absolute Gasteiger partial charge is 0.497 e. The molecule has 1 N–H and O–H groups in total. The lowest BCUT2D eigenvalue weighted by atomic mass is 10.2. The number of methoxy groups -OCH3 is 2.